The predicted molar refractivity (Wildman–Crippen MR) is 57.8 cm³/mol. The van der Waals surface area contributed by atoms with E-state index >= 15 is 0 Å². The normalized spacial score (nSPS) is 10.1. The van der Waals surface area contributed by atoms with Crippen LogP contribution in [0.5, 0.6) is 11.5 Å². The number of hydrogen-bond donors (Lipinski definition) is 1. The van der Waals surface area contributed by atoms with E-state index in [9.17, 15) is 9.50 Å². The molecule has 0 aliphatic rings. The van der Waals surface area contributed by atoms with Crippen LogP contribution in [0.1, 0.15) is 0 Å². The van der Waals surface area contributed by atoms with Crippen molar-refractivity contribution in [3.8, 4) is 22.8 Å². The molecular formula is C12H10FNO2. The second-order valence-corrected chi connectivity index (χ2v) is 3.19. The Morgan fingerprint density at radius 2 is 2.06 bits per heavy atom. The second-order valence-electron chi connectivity index (χ2n) is 3.19. The SMILES string of the molecule is COc1cccc(-c2ncccc2O)c1F. The van der Waals surface area contributed by atoms with Crippen molar-refractivity contribution in [3.05, 3.63) is 42.3 Å². The first-order chi connectivity index (χ1) is 7.74. The van der Waals surface area contributed by atoms with Crippen LogP contribution in [0.2, 0.25) is 0 Å². The van der Waals surface area contributed by atoms with Crippen LogP contribution in [0, 0.1) is 5.82 Å². The van der Waals surface area contributed by atoms with Gasteiger partial charge < -0.3 is 9.84 Å². The predicted octanol–water partition coefficient (Wildman–Crippen LogP) is 2.60. The molecule has 0 aliphatic heterocycles. The summed E-state index contributed by atoms with van der Waals surface area (Å²) >= 11 is 0. The fourth-order valence-corrected chi connectivity index (χ4v) is 1.46. The highest BCUT2D eigenvalue weighted by atomic mass is 19.1. The molecule has 0 amide bonds. The topological polar surface area (TPSA) is 42.4 Å². The largest absolute Gasteiger partial charge is 0.506 e. The zero-order valence-electron chi connectivity index (χ0n) is 8.64. The third-order valence-electron chi connectivity index (χ3n) is 2.22. The Morgan fingerprint density at radius 3 is 2.75 bits per heavy atom. The molecule has 4 heteroatoms. The molecule has 0 unspecified atom stereocenters. The van der Waals surface area contributed by atoms with Gasteiger partial charge in [-0.25, -0.2) is 4.39 Å². The molecule has 0 atom stereocenters. The van der Waals surface area contributed by atoms with Crippen LogP contribution in [-0.2, 0) is 0 Å². The summed E-state index contributed by atoms with van der Waals surface area (Å²) in [5.41, 5.74) is 0.427. The van der Waals surface area contributed by atoms with Gasteiger partial charge in [0.05, 0.1) is 7.11 Å². The fourth-order valence-electron chi connectivity index (χ4n) is 1.46. The minimum atomic E-state index is -0.529. The number of benzene rings is 1. The maximum atomic E-state index is 13.9. The van der Waals surface area contributed by atoms with Crippen LogP contribution in [0.25, 0.3) is 11.3 Å². The van der Waals surface area contributed by atoms with Gasteiger partial charge in [-0.05, 0) is 24.3 Å². The summed E-state index contributed by atoms with van der Waals surface area (Å²) in [5.74, 6) is -0.462. The number of ether oxygens (including phenoxy) is 1. The molecule has 16 heavy (non-hydrogen) atoms. The third kappa shape index (κ3) is 1.69. The van der Waals surface area contributed by atoms with Gasteiger partial charge in [0.1, 0.15) is 11.4 Å². The summed E-state index contributed by atoms with van der Waals surface area (Å²) < 4.78 is 18.7. The van der Waals surface area contributed by atoms with Gasteiger partial charge in [0.25, 0.3) is 0 Å². The molecule has 1 N–H and O–H groups in total. The second kappa shape index (κ2) is 4.18. The maximum absolute atomic E-state index is 13.9. The number of rotatable bonds is 2. The standard InChI is InChI=1S/C12H10FNO2/c1-16-10-6-2-4-8(11(10)13)12-9(15)5-3-7-14-12/h2-7,15H,1H3. The lowest BCUT2D eigenvalue weighted by Crippen LogP contribution is -1.92. The summed E-state index contributed by atoms with van der Waals surface area (Å²) in [6, 6.07) is 7.74. The average molecular weight is 219 g/mol. The summed E-state index contributed by atoms with van der Waals surface area (Å²) in [7, 11) is 1.39. The molecule has 1 aromatic carbocycles. The molecule has 0 saturated carbocycles. The lowest BCUT2D eigenvalue weighted by Gasteiger charge is -2.07. The smallest absolute Gasteiger partial charge is 0.174 e. The van der Waals surface area contributed by atoms with Crippen molar-refractivity contribution in [2.45, 2.75) is 0 Å². The molecule has 1 heterocycles. The highest BCUT2D eigenvalue weighted by Gasteiger charge is 2.13. The van der Waals surface area contributed by atoms with Crippen molar-refractivity contribution in [3.63, 3.8) is 0 Å². The molecule has 0 spiro atoms. The highest BCUT2D eigenvalue weighted by molar-refractivity contribution is 5.67. The van der Waals surface area contributed by atoms with Gasteiger partial charge in [0.15, 0.2) is 11.6 Å². The number of methoxy groups -OCH3 is 1. The molecule has 2 rings (SSSR count). The van der Waals surface area contributed by atoms with E-state index in [1.165, 1.54) is 25.4 Å². The van der Waals surface area contributed by atoms with Gasteiger partial charge in [-0.3, -0.25) is 4.98 Å². The van der Waals surface area contributed by atoms with Gasteiger partial charge in [-0.1, -0.05) is 6.07 Å². The molecule has 0 saturated heterocycles. The van der Waals surface area contributed by atoms with Gasteiger partial charge in [-0.15, -0.1) is 0 Å². The van der Waals surface area contributed by atoms with E-state index in [1.807, 2.05) is 0 Å². The summed E-state index contributed by atoms with van der Waals surface area (Å²) in [4.78, 5) is 3.94. The van der Waals surface area contributed by atoms with Crippen LogP contribution in [-0.4, -0.2) is 17.2 Å². The van der Waals surface area contributed by atoms with E-state index in [1.54, 1.807) is 18.2 Å². The molecule has 0 aliphatic carbocycles. The van der Waals surface area contributed by atoms with Gasteiger partial charge >= 0.3 is 0 Å². The Morgan fingerprint density at radius 1 is 1.25 bits per heavy atom. The summed E-state index contributed by atoms with van der Waals surface area (Å²) in [6.07, 6.45) is 1.49. The van der Waals surface area contributed by atoms with Crippen molar-refractivity contribution < 1.29 is 14.2 Å². The summed E-state index contributed by atoms with van der Waals surface area (Å²) in [6.45, 7) is 0. The number of aromatic nitrogens is 1. The van der Waals surface area contributed by atoms with E-state index in [4.69, 9.17) is 4.74 Å². The zero-order chi connectivity index (χ0) is 11.5. The molecule has 0 radical (unpaired) electrons. The Bertz CT molecular complexity index is 514. The van der Waals surface area contributed by atoms with Crippen LogP contribution in [0.15, 0.2) is 36.5 Å². The van der Waals surface area contributed by atoms with E-state index in [0.29, 0.717) is 0 Å². The first kappa shape index (κ1) is 10.4. The number of halogens is 1. The van der Waals surface area contributed by atoms with Crippen LogP contribution < -0.4 is 4.74 Å². The van der Waals surface area contributed by atoms with Gasteiger partial charge in [0.2, 0.25) is 0 Å². The van der Waals surface area contributed by atoms with Crippen molar-refractivity contribution >= 4 is 0 Å². The fraction of sp³-hybridized carbons (Fsp3) is 0.0833. The molecule has 2 aromatic rings. The van der Waals surface area contributed by atoms with Crippen molar-refractivity contribution in [2.75, 3.05) is 7.11 Å². The highest BCUT2D eigenvalue weighted by Crippen LogP contribution is 2.32. The van der Waals surface area contributed by atoms with Crippen molar-refractivity contribution in [1.29, 1.82) is 0 Å². The Kier molecular flexibility index (Phi) is 2.72. The van der Waals surface area contributed by atoms with Crippen LogP contribution in [0.3, 0.4) is 0 Å². The lowest BCUT2D eigenvalue weighted by atomic mass is 10.1. The number of hydrogen-bond acceptors (Lipinski definition) is 3. The molecular weight excluding hydrogens is 209 g/mol. The Labute approximate surface area is 92.1 Å². The number of nitrogens with zero attached hydrogens (tertiary/aromatic N) is 1. The zero-order valence-corrected chi connectivity index (χ0v) is 8.64. The van der Waals surface area contributed by atoms with E-state index < -0.39 is 5.82 Å². The first-order valence-corrected chi connectivity index (χ1v) is 4.71. The van der Waals surface area contributed by atoms with E-state index in [2.05, 4.69) is 4.98 Å². The quantitative estimate of drug-likeness (QED) is 0.844. The van der Waals surface area contributed by atoms with Crippen molar-refractivity contribution in [2.24, 2.45) is 0 Å². The van der Waals surface area contributed by atoms with Crippen molar-refractivity contribution in [1.82, 2.24) is 4.98 Å². The molecule has 1 aromatic heterocycles. The van der Waals surface area contributed by atoms with Gasteiger partial charge in [0, 0.05) is 11.8 Å². The molecule has 3 nitrogen and oxygen atoms in total. The van der Waals surface area contributed by atoms with Crippen LogP contribution in [0.4, 0.5) is 4.39 Å². The Balaban J connectivity index is 2.61. The van der Waals surface area contributed by atoms with Crippen LogP contribution >= 0.6 is 0 Å². The monoisotopic (exact) mass is 219 g/mol. The average Bonchev–Trinajstić information content (AvgIpc) is 2.31. The molecule has 0 fully saturated rings. The minimum Gasteiger partial charge on any atom is -0.506 e. The van der Waals surface area contributed by atoms with Gasteiger partial charge in [-0.2, -0.15) is 0 Å². The first-order valence-electron chi connectivity index (χ1n) is 4.71. The molecule has 82 valence electrons. The summed E-state index contributed by atoms with van der Waals surface area (Å²) in [5, 5.41) is 9.58. The van der Waals surface area contributed by atoms with E-state index in [-0.39, 0.29) is 22.8 Å². The minimum absolute atomic E-state index is 0.0605. The third-order valence-corrected chi connectivity index (χ3v) is 2.22. The number of pyridine rings is 1. The molecule has 0 bridgehead atoms. The lowest BCUT2D eigenvalue weighted by molar-refractivity contribution is 0.387. The van der Waals surface area contributed by atoms with E-state index in [0.717, 1.165) is 0 Å². The maximum Gasteiger partial charge on any atom is 0.174 e. The number of aromatic hydroxyl groups is 1. The Hall–Kier alpha value is -2.10.